The minimum Gasteiger partial charge on any atom is -0.309 e. The molecule has 0 unspecified atom stereocenters. The van der Waals surface area contributed by atoms with Gasteiger partial charge in [0.15, 0.2) is 0 Å². The van der Waals surface area contributed by atoms with E-state index >= 15 is 0 Å². The van der Waals surface area contributed by atoms with Crippen LogP contribution < -0.4 is 4.90 Å². The maximum atomic E-state index is 14.2. The van der Waals surface area contributed by atoms with Crippen molar-refractivity contribution in [2.24, 2.45) is 0 Å². The van der Waals surface area contributed by atoms with E-state index in [1.807, 2.05) is 36.9 Å². The fraction of sp³-hybridized carbons (Fsp3) is 0.273. The lowest BCUT2D eigenvalue weighted by atomic mass is 10.1. The minimum atomic E-state index is -0.330. The largest absolute Gasteiger partial charge is 0.309 e. The molecule has 0 bridgehead atoms. The fourth-order valence-electron chi connectivity index (χ4n) is 3.97. The van der Waals surface area contributed by atoms with Crippen molar-refractivity contribution in [2.75, 3.05) is 4.90 Å². The maximum absolute atomic E-state index is 14.2. The van der Waals surface area contributed by atoms with Crippen LogP contribution in [-0.4, -0.2) is 21.7 Å². The Kier molecular flexibility index (Phi) is 4.30. The lowest BCUT2D eigenvalue weighted by Gasteiger charge is -2.23. The first-order chi connectivity index (χ1) is 13.0. The van der Waals surface area contributed by atoms with Gasteiger partial charge in [-0.25, -0.2) is 9.07 Å². The molecule has 0 N–H and O–H groups in total. The van der Waals surface area contributed by atoms with Crippen LogP contribution in [0.1, 0.15) is 29.4 Å². The lowest BCUT2D eigenvalue weighted by Crippen LogP contribution is -2.37. The summed E-state index contributed by atoms with van der Waals surface area (Å²) in [5.74, 6) is -0.283. The highest BCUT2D eigenvalue weighted by Crippen LogP contribution is 2.32. The van der Waals surface area contributed by atoms with E-state index in [2.05, 4.69) is 18.1 Å². The Labute approximate surface area is 158 Å². The second-order valence-electron chi connectivity index (χ2n) is 7.13. The summed E-state index contributed by atoms with van der Waals surface area (Å²) in [6.45, 7) is 5.82. The van der Waals surface area contributed by atoms with E-state index in [1.54, 1.807) is 22.9 Å². The zero-order chi connectivity index (χ0) is 19.1. The molecular weight excluding hydrogens is 341 g/mol. The molecule has 1 aliphatic heterocycles. The second kappa shape index (κ2) is 6.65. The van der Waals surface area contributed by atoms with Gasteiger partial charge in [0, 0.05) is 23.0 Å². The van der Waals surface area contributed by atoms with E-state index < -0.39 is 0 Å². The van der Waals surface area contributed by atoms with Gasteiger partial charge in [-0.15, -0.1) is 0 Å². The maximum Gasteiger partial charge on any atom is 0.231 e. The van der Waals surface area contributed by atoms with Crippen LogP contribution in [0.25, 0.3) is 5.69 Å². The van der Waals surface area contributed by atoms with Gasteiger partial charge < -0.3 is 4.90 Å². The van der Waals surface area contributed by atoms with Gasteiger partial charge in [-0.3, -0.25) is 4.79 Å². The van der Waals surface area contributed by atoms with Crippen molar-refractivity contribution in [3.8, 4) is 5.69 Å². The monoisotopic (exact) mass is 363 g/mol. The van der Waals surface area contributed by atoms with Crippen LogP contribution in [0.2, 0.25) is 0 Å². The smallest absolute Gasteiger partial charge is 0.231 e. The molecule has 4 nitrogen and oxygen atoms in total. The SMILES string of the molecule is Cc1nn(-c2ccccc2F)c(C)c1CC(=O)N1c2ccccc2C[C@@H]1C. The number of hydrogen-bond acceptors (Lipinski definition) is 2. The molecule has 0 saturated carbocycles. The molecule has 4 rings (SSSR count). The number of aromatic nitrogens is 2. The summed E-state index contributed by atoms with van der Waals surface area (Å²) in [4.78, 5) is 15.0. The number of aryl methyl sites for hydroxylation is 1. The molecule has 1 amide bonds. The molecule has 0 aliphatic carbocycles. The molecule has 0 saturated heterocycles. The summed E-state index contributed by atoms with van der Waals surface area (Å²) in [6, 6.07) is 14.7. The molecule has 1 atom stereocenters. The molecule has 0 fully saturated rings. The quantitative estimate of drug-likeness (QED) is 0.701. The highest BCUT2D eigenvalue weighted by molar-refractivity contribution is 5.97. The Morgan fingerprint density at radius 3 is 2.52 bits per heavy atom. The van der Waals surface area contributed by atoms with Crippen molar-refractivity contribution in [1.29, 1.82) is 0 Å². The Morgan fingerprint density at radius 1 is 1.11 bits per heavy atom. The van der Waals surface area contributed by atoms with Crippen LogP contribution in [0.5, 0.6) is 0 Å². The summed E-state index contributed by atoms with van der Waals surface area (Å²) in [6.07, 6.45) is 1.12. The van der Waals surface area contributed by atoms with Gasteiger partial charge >= 0.3 is 0 Å². The third-order valence-corrected chi connectivity index (χ3v) is 5.33. The lowest BCUT2D eigenvalue weighted by molar-refractivity contribution is -0.118. The first kappa shape index (κ1) is 17.5. The topological polar surface area (TPSA) is 38.1 Å². The molecule has 2 aromatic carbocycles. The molecule has 0 spiro atoms. The number of benzene rings is 2. The van der Waals surface area contributed by atoms with Crippen LogP contribution in [0.15, 0.2) is 48.5 Å². The predicted octanol–water partition coefficient (Wildman–Crippen LogP) is 4.15. The molecule has 1 aromatic heterocycles. The highest BCUT2D eigenvalue weighted by atomic mass is 19.1. The average molecular weight is 363 g/mol. The van der Waals surface area contributed by atoms with Crippen LogP contribution in [0.3, 0.4) is 0 Å². The van der Waals surface area contributed by atoms with Crippen LogP contribution in [-0.2, 0) is 17.6 Å². The van der Waals surface area contributed by atoms with Gasteiger partial charge in [-0.2, -0.15) is 5.10 Å². The number of hydrogen-bond donors (Lipinski definition) is 0. The molecule has 2 heterocycles. The number of rotatable bonds is 3. The summed E-state index contributed by atoms with van der Waals surface area (Å²) >= 11 is 0. The second-order valence-corrected chi connectivity index (χ2v) is 7.13. The number of amides is 1. The van der Waals surface area contributed by atoms with Crippen molar-refractivity contribution < 1.29 is 9.18 Å². The van der Waals surface area contributed by atoms with Crippen molar-refractivity contribution in [3.63, 3.8) is 0 Å². The van der Waals surface area contributed by atoms with Gasteiger partial charge in [0.2, 0.25) is 5.91 Å². The fourth-order valence-corrected chi connectivity index (χ4v) is 3.97. The molecule has 27 heavy (non-hydrogen) atoms. The number of carbonyl (C=O) groups excluding carboxylic acids is 1. The summed E-state index contributed by atoms with van der Waals surface area (Å²) in [5.41, 5.74) is 5.01. The van der Waals surface area contributed by atoms with Crippen LogP contribution in [0, 0.1) is 19.7 Å². The Bertz CT molecular complexity index is 1020. The zero-order valence-corrected chi connectivity index (χ0v) is 15.7. The number of anilines is 1. The van der Waals surface area contributed by atoms with Gasteiger partial charge in [-0.05, 0) is 51.0 Å². The first-order valence-electron chi connectivity index (χ1n) is 9.17. The van der Waals surface area contributed by atoms with Gasteiger partial charge in [-0.1, -0.05) is 30.3 Å². The molecule has 0 radical (unpaired) electrons. The number of fused-ring (bicyclic) bond motifs is 1. The number of halogens is 1. The number of carbonyl (C=O) groups is 1. The molecule has 3 aromatic rings. The van der Waals surface area contributed by atoms with Gasteiger partial charge in [0.05, 0.1) is 12.1 Å². The number of nitrogens with zero attached hydrogens (tertiary/aromatic N) is 3. The molecule has 138 valence electrons. The van der Waals surface area contributed by atoms with E-state index in [1.165, 1.54) is 11.6 Å². The number of para-hydroxylation sites is 2. The highest BCUT2D eigenvalue weighted by Gasteiger charge is 2.31. The Hall–Kier alpha value is -2.95. The van der Waals surface area contributed by atoms with E-state index in [0.29, 0.717) is 5.69 Å². The Balaban J connectivity index is 1.66. The van der Waals surface area contributed by atoms with E-state index in [4.69, 9.17) is 0 Å². The summed E-state index contributed by atoms with van der Waals surface area (Å²) in [5, 5.41) is 4.49. The first-order valence-corrected chi connectivity index (χ1v) is 9.17. The summed E-state index contributed by atoms with van der Waals surface area (Å²) < 4.78 is 15.8. The van der Waals surface area contributed by atoms with Crippen molar-refractivity contribution in [2.45, 2.75) is 39.7 Å². The summed E-state index contributed by atoms with van der Waals surface area (Å²) in [7, 11) is 0. The normalized spacial score (nSPS) is 15.9. The van der Waals surface area contributed by atoms with Crippen molar-refractivity contribution in [3.05, 3.63) is 76.9 Å². The van der Waals surface area contributed by atoms with Gasteiger partial charge in [0.25, 0.3) is 0 Å². The van der Waals surface area contributed by atoms with Crippen LogP contribution in [0.4, 0.5) is 10.1 Å². The van der Waals surface area contributed by atoms with Crippen molar-refractivity contribution >= 4 is 11.6 Å². The predicted molar refractivity (Wildman–Crippen MR) is 104 cm³/mol. The standard InChI is InChI=1S/C22H22FN3O/c1-14-12-17-8-4-6-10-20(17)25(14)22(27)13-18-15(2)24-26(16(18)3)21-11-7-5-9-19(21)23/h4-11,14H,12-13H2,1-3H3/t14-/m0/s1. The van der Waals surface area contributed by atoms with Crippen molar-refractivity contribution in [1.82, 2.24) is 9.78 Å². The van der Waals surface area contributed by atoms with Crippen LogP contribution >= 0.6 is 0 Å². The average Bonchev–Trinajstić information content (AvgIpc) is 3.12. The van der Waals surface area contributed by atoms with E-state index in [9.17, 15) is 9.18 Å². The Morgan fingerprint density at radius 2 is 1.78 bits per heavy atom. The zero-order valence-electron chi connectivity index (χ0n) is 15.7. The minimum absolute atomic E-state index is 0.0479. The van der Waals surface area contributed by atoms with E-state index in [0.717, 1.165) is 29.1 Å². The third-order valence-electron chi connectivity index (χ3n) is 5.33. The molecule has 5 heteroatoms. The van der Waals surface area contributed by atoms with E-state index in [-0.39, 0.29) is 24.2 Å². The third kappa shape index (κ3) is 2.93. The van der Waals surface area contributed by atoms with Gasteiger partial charge in [0.1, 0.15) is 11.5 Å². The molecule has 1 aliphatic rings. The molecular formula is C22H22FN3O.